The van der Waals surface area contributed by atoms with Crippen molar-refractivity contribution in [2.75, 3.05) is 0 Å². The van der Waals surface area contributed by atoms with Crippen molar-refractivity contribution < 1.29 is 0 Å². The molecule has 0 radical (unpaired) electrons. The summed E-state index contributed by atoms with van der Waals surface area (Å²) in [6.45, 7) is 0. The molecular formula is C11H19N3. The summed E-state index contributed by atoms with van der Waals surface area (Å²) in [4.78, 5) is 0. The van der Waals surface area contributed by atoms with Crippen molar-refractivity contribution in [2.45, 2.75) is 44.1 Å². The molecule has 1 saturated carbocycles. The van der Waals surface area contributed by atoms with Crippen LogP contribution in [0.2, 0.25) is 0 Å². The zero-order chi connectivity index (χ0) is 10.0. The zero-order valence-electron chi connectivity index (χ0n) is 8.87. The predicted molar refractivity (Wildman–Crippen MR) is 56.8 cm³/mol. The fourth-order valence-corrected chi connectivity index (χ4v) is 2.33. The van der Waals surface area contributed by atoms with E-state index in [-0.39, 0.29) is 5.54 Å². The Morgan fingerprint density at radius 1 is 1.29 bits per heavy atom. The van der Waals surface area contributed by atoms with Gasteiger partial charge >= 0.3 is 0 Å². The number of aryl methyl sites for hydroxylation is 1. The normalized spacial score (nSPS) is 21.9. The lowest BCUT2D eigenvalue weighted by Crippen LogP contribution is -2.35. The number of hydrogen-bond donors (Lipinski definition) is 1. The van der Waals surface area contributed by atoms with Gasteiger partial charge in [0.25, 0.3) is 0 Å². The van der Waals surface area contributed by atoms with E-state index in [0.717, 1.165) is 12.8 Å². The lowest BCUT2D eigenvalue weighted by Gasteiger charge is -2.26. The summed E-state index contributed by atoms with van der Waals surface area (Å²) in [6, 6.07) is 0. The minimum absolute atomic E-state index is 0.106. The first-order chi connectivity index (χ1) is 6.71. The molecule has 3 nitrogen and oxygen atoms in total. The molecule has 2 rings (SSSR count). The quantitative estimate of drug-likeness (QED) is 0.692. The monoisotopic (exact) mass is 193 g/mol. The third-order valence-corrected chi connectivity index (χ3v) is 3.28. The Bertz CT molecular complexity index is 295. The van der Waals surface area contributed by atoms with Crippen LogP contribution in [-0.2, 0) is 12.6 Å². The van der Waals surface area contributed by atoms with E-state index in [2.05, 4.69) is 11.3 Å². The Hall–Kier alpha value is -0.830. The van der Waals surface area contributed by atoms with Gasteiger partial charge in [-0.15, -0.1) is 0 Å². The second kappa shape index (κ2) is 3.73. The van der Waals surface area contributed by atoms with Crippen molar-refractivity contribution >= 4 is 0 Å². The van der Waals surface area contributed by atoms with E-state index in [1.807, 2.05) is 17.9 Å². The number of aromatic nitrogens is 2. The standard InChI is InChI=1S/C11H19N3/c1-14-9-10(8-13-14)11(12)6-4-2-3-5-7-11/h8-9H,2-7,12H2,1H3. The highest BCUT2D eigenvalue weighted by Gasteiger charge is 2.29. The van der Waals surface area contributed by atoms with Crippen molar-refractivity contribution in [2.24, 2.45) is 12.8 Å². The van der Waals surface area contributed by atoms with Gasteiger partial charge in [0.1, 0.15) is 0 Å². The van der Waals surface area contributed by atoms with Gasteiger partial charge in [0.15, 0.2) is 0 Å². The van der Waals surface area contributed by atoms with Crippen molar-refractivity contribution in [1.82, 2.24) is 9.78 Å². The lowest BCUT2D eigenvalue weighted by atomic mass is 9.86. The first-order valence-corrected chi connectivity index (χ1v) is 5.49. The van der Waals surface area contributed by atoms with Crippen molar-refractivity contribution in [3.05, 3.63) is 18.0 Å². The topological polar surface area (TPSA) is 43.8 Å². The van der Waals surface area contributed by atoms with Gasteiger partial charge in [-0.25, -0.2) is 0 Å². The van der Waals surface area contributed by atoms with Gasteiger partial charge in [0.2, 0.25) is 0 Å². The van der Waals surface area contributed by atoms with Gasteiger partial charge in [-0.1, -0.05) is 25.7 Å². The van der Waals surface area contributed by atoms with Gasteiger partial charge in [0, 0.05) is 24.3 Å². The molecule has 0 aliphatic heterocycles. The summed E-state index contributed by atoms with van der Waals surface area (Å²) in [6.07, 6.45) is 11.4. The molecule has 1 aromatic heterocycles. The maximum absolute atomic E-state index is 6.44. The van der Waals surface area contributed by atoms with Crippen LogP contribution in [0.1, 0.15) is 44.1 Å². The van der Waals surface area contributed by atoms with Crippen LogP contribution in [0.25, 0.3) is 0 Å². The third-order valence-electron chi connectivity index (χ3n) is 3.28. The van der Waals surface area contributed by atoms with E-state index in [4.69, 9.17) is 5.73 Å². The Morgan fingerprint density at radius 2 is 1.93 bits per heavy atom. The maximum Gasteiger partial charge on any atom is 0.0540 e. The number of nitrogens with two attached hydrogens (primary N) is 1. The van der Waals surface area contributed by atoms with Crippen molar-refractivity contribution in [1.29, 1.82) is 0 Å². The molecule has 0 bridgehead atoms. The van der Waals surface area contributed by atoms with Gasteiger partial charge in [-0.3, -0.25) is 4.68 Å². The fourth-order valence-electron chi connectivity index (χ4n) is 2.33. The highest BCUT2D eigenvalue weighted by atomic mass is 15.2. The number of rotatable bonds is 1. The molecule has 1 aliphatic rings. The van der Waals surface area contributed by atoms with E-state index in [0.29, 0.717) is 0 Å². The van der Waals surface area contributed by atoms with Gasteiger partial charge < -0.3 is 5.73 Å². The van der Waals surface area contributed by atoms with Crippen LogP contribution in [0.3, 0.4) is 0 Å². The fraction of sp³-hybridized carbons (Fsp3) is 0.727. The van der Waals surface area contributed by atoms with Gasteiger partial charge in [-0.05, 0) is 12.8 Å². The SMILES string of the molecule is Cn1cc(C2(N)CCCCCC2)cn1. The molecule has 0 saturated heterocycles. The lowest BCUT2D eigenvalue weighted by molar-refractivity contribution is 0.385. The zero-order valence-corrected chi connectivity index (χ0v) is 8.87. The summed E-state index contributed by atoms with van der Waals surface area (Å²) in [5, 5.41) is 4.20. The van der Waals surface area contributed by atoms with Crippen LogP contribution >= 0.6 is 0 Å². The molecule has 0 amide bonds. The van der Waals surface area contributed by atoms with E-state index in [1.165, 1.54) is 31.2 Å². The Morgan fingerprint density at radius 3 is 2.43 bits per heavy atom. The molecule has 78 valence electrons. The Kier molecular flexibility index (Phi) is 2.59. The molecule has 0 atom stereocenters. The molecule has 1 aromatic rings. The number of hydrogen-bond acceptors (Lipinski definition) is 2. The van der Waals surface area contributed by atoms with E-state index in [9.17, 15) is 0 Å². The van der Waals surface area contributed by atoms with Crippen LogP contribution in [-0.4, -0.2) is 9.78 Å². The van der Waals surface area contributed by atoms with Crippen LogP contribution in [0.15, 0.2) is 12.4 Å². The second-order valence-corrected chi connectivity index (χ2v) is 4.47. The highest BCUT2D eigenvalue weighted by molar-refractivity contribution is 5.17. The minimum Gasteiger partial charge on any atom is -0.321 e. The van der Waals surface area contributed by atoms with Crippen LogP contribution in [0.5, 0.6) is 0 Å². The van der Waals surface area contributed by atoms with E-state index < -0.39 is 0 Å². The second-order valence-electron chi connectivity index (χ2n) is 4.47. The largest absolute Gasteiger partial charge is 0.321 e. The summed E-state index contributed by atoms with van der Waals surface area (Å²) in [5.41, 5.74) is 7.54. The van der Waals surface area contributed by atoms with Crippen LogP contribution in [0, 0.1) is 0 Å². The molecule has 1 heterocycles. The first-order valence-electron chi connectivity index (χ1n) is 5.49. The molecule has 3 heteroatoms. The van der Waals surface area contributed by atoms with Crippen LogP contribution < -0.4 is 5.73 Å². The highest BCUT2D eigenvalue weighted by Crippen LogP contribution is 2.33. The Labute approximate surface area is 85.3 Å². The average Bonchev–Trinajstić information content (AvgIpc) is 2.47. The van der Waals surface area contributed by atoms with Crippen molar-refractivity contribution in [3.63, 3.8) is 0 Å². The summed E-state index contributed by atoms with van der Waals surface area (Å²) < 4.78 is 1.84. The molecule has 0 unspecified atom stereocenters. The molecule has 1 aliphatic carbocycles. The molecule has 0 spiro atoms. The van der Waals surface area contributed by atoms with Gasteiger partial charge in [0.05, 0.1) is 6.20 Å². The Balaban J connectivity index is 2.20. The summed E-state index contributed by atoms with van der Waals surface area (Å²) in [5.74, 6) is 0. The van der Waals surface area contributed by atoms with Crippen molar-refractivity contribution in [3.8, 4) is 0 Å². The van der Waals surface area contributed by atoms with Crippen LogP contribution in [0.4, 0.5) is 0 Å². The maximum atomic E-state index is 6.44. The first kappa shape index (κ1) is 9.71. The molecular weight excluding hydrogens is 174 g/mol. The predicted octanol–water partition coefficient (Wildman–Crippen LogP) is 1.93. The van der Waals surface area contributed by atoms with E-state index in [1.54, 1.807) is 0 Å². The summed E-state index contributed by atoms with van der Waals surface area (Å²) >= 11 is 0. The summed E-state index contributed by atoms with van der Waals surface area (Å²) in [7, 11) is 1.95. The third kappa shape index (κ3) is 1.82. The smallest absolute Gasteiger partial charge is 0.0540 e. The molecule has 2 N–H and O–H groups in total. The molecule has 0 aromatic carbocycles. The van der Waals surface area contributed by atoms with Gasteiger partial charge in [-0.2, -0.15) is 5.10 Å². The van der Waals surface area contributed by atoms with E-state index >= 15 is 0 Å². The molecule has 1 fully saturated rings. The molecule has 14 heavy (non-hydrogen) atoms. The minimum atomic E-state index is -0.106. The average molecular weight is 193 g/mol. The number of nitrogens with zero attached hydrogens (tertiary/aromatic N) is 2.